The Kier molecular flexibility index (Phi) is 7.68. The van der Waals surface area contributed by atoms with Gasteiger partial charge in [-0.05, 0) is 19.3 Å². The first kappa shape index (κ1) is 13.2. The first-order chi connectivity index (χ1) is 6.02. The van der Waals surface area contributed by atoms with E-state index in [4.69, 9.17) is 0 Å². The van der Waals surface area contributed by atoms with Gasteiger partial charge in [0.15, 0.2) is 0 Å². The zero-order chi connectivity index (χ0) is 10.3. The molecule has 78 valence electrons. The zero-order valence-corrected chi connectivity index (χ0v) is 10.7. The van der Waals surface area contributed by atoms with E-state index in [0.29, 0.717) is 6.04 Å². The van der Waals surface area contributed by atoms with Crippen molar-refractivity contribution in [3.8, 4) is 0 Å². The second kappa shape index (κ2) is 7.57. The van der Waals surface area contributed by atoms with Gasteiger partial charge in [0.05, 0.1) is 0 Å². The minimum Gasteiger partial charge on any atom is -0.310 e. The molecule has 0 aromatic carbocycles. The Labute approximate surface area is 91.1 Å². The summed E-state index contributed by atoms with van der Waals surface area (Å²) in [6.07, 6.45) is 3.92. The highest BCUT2D eigenvalue weighted by molar-refractivity contribution is 9.11. The molecule has 0 saturated carbocycles. The van der Waals surface area contributed by atoms with Gasteiger partial charge in [0, 0.05) is 17.1 Å². The van der Waals surface area contributed by atoms with E-state index in [1.165, 1.54) is 19.3 Å². The summed E-state index contributed by atoms with van der Waals surface area (Å²) in [7, 11) is 0. The summed E-state index contributed by atoms with van der Waals surface area (Å²) >= 11 is 3.34. The van der Waals surface area contributed by atoms with Gasteiger partial charge >= 0.3 is 0 Å². The van der Waals surface area contributed by atoms with E-state index >= 15 is 0 Å². The van der Waals surface area contributed by atoms with Crippen molar-refractivity contribution in [1.29, 1.82) is 0 Å². The molecule has 0 aliphatic carbocycles. The van der Waals surface area contributed by atoms with Gasteiger partial charge in [0.1, 0.15) is 0 Å². The van der Waals surface area contributed by atoms with E-state index in [1.54, 1.807) is 0 Å². The van der Waals surface area contributed by atoms with Crippen LogP contribution in [0, 0.1) is 5.92 Å². The van der Waals surface area contributed by atoms with Crippen LogP contribution < -0.4 is 5.32 Å². The smallest absolute Gasteiger partial charge is 0.0268 e. The Morgan fingerprint density at radius 2 is 1.92 bits per heavy atom. The maximum Gasteiger partial charge on any atom is 0.0268 e. The molecule has 0 aliphatic rings. The largest absolute Gasteiger partial charge is 0.310 e. The number of nitrogens with one attached hydrogen (secondary N) is 1. The van der Waals surface area contributed by atoms with Gasteiger partial charge in [0.25, 0.3) is 0 Å². The van der Waals surface area contributed by atoms with Gasteiger partial charge in [-0.2, -0.15) is 0 Å². The Balaban J connectivity index is 3.30. The Bertz CT molecular complexity index is 143. The fourth-order valence-corrected chi connectivity index (χ4v) is 1.38. The molecule has 0 aromatic rings. The van der Waals surface area contributed by atoms with Crippen molar-refractivity contribution in [2.24, 2.45) is 5.92 Å². The van der Waals surface area contributed by atoms with Crippen LogP contribution in [0.1, 0.15) is 40.0 Å². The lowest BCUT2D eigenvalue weighted by Crippen LogP contribution is -2.26. The monoisotopic (exact) mass is 247 g/mol. The van der Waals surface area contributed by atoms with Crippen LogP contribution in [0.2, 0.25) is 0 Å². The molecule has 0 amide bonds. The molecule has 0 spiro atoms. The van der Waals surface area contributed by atoms with E-state index in [-0.39, 0.29) is 0 Å². The second-order valence-corrected chi connectivity index (χ2v) is 5.25. The molecule has 0 aromatic heterocycles. The first-order valence-corrected chi connectivity index (χ1v) is 5.88. The lowest BCUT2D eigenvalue weighted by Gasteiger charge is -2.13. The normalized spacial score (nSPS) is 13.3. The van der Waals surface area contributed by atoms with Gasteiger partial charge < -0.3 is 5.32 Å². The summed E-state index contributed by atoms with van der Waals surface area (Å²) in [5.74, 6) is 0.832. The SMILES string of the molecule is C=C(Br)CNC(C)CCCC(C)C. The molecule has 0 rings (SSSR count). The van der Waals surface area contributed by atoms with Crippen LogP contribution in [0.15, 0.2) is 11.1 Å². The van der Waals surface area contributed by atoms with Crippen LogP contribution in [0.5, 0.6) is 0 Å². The molecule has 0 heterocycles. The highest BCUT2D eigenvalue weighted by Crippen LogP contribution is 2.08. The van der Waals surface area contributed by atoms with Gasteiger partial charge in [-0.15, -0.1) is 0 Å². The summed E-state index contributed by atoms with van der Waals surface area (Å²) < 4.78 is 1.03. The summed E-state index contributed by atoms with van der Waals surface area (Å²) in [4.78, 5) is 0. The minimum atomic E-state index is 0.605. The molecule has 1 atom stereocenters. The van der Waals surface area contributed by atoms with Crippen molar-refractivity contribution in [3.05, 3.63) is 11.1 Å². The minimum absolute atomic E-state index is 0.605. The average Bonchev–Trinajstić information content (AvgIpc) is 2.00. The molecule has 0 radical (unpaired) electrons. The van der Waals surface area contributed by atoms with Gasteiger partial charge in [-0.25, -0.2) is 0 Å². The highest BCUT2D eigenvalue weighted by atomic mass is 79.9. The molecule has 0 aliphatic heterocycles. The highest BCUT2D eigenvalue weighted by Gasteiger charge is 2.01. The predicted molar refractivity (Wildman–Crippen MR) is 64.2 cm³/mol. The van der Waals surface area contributed by atoms with E-state index in [9.17, 15) is 0 Å². The van der Waals surface area contributed by atoms with Gasteiger partial charge in [-0.1, -0.05) is 49.2 Å². The molecule has 1 nitrogen and oxygen atoms in total. The Hall–Kier alpha value is 0.180. The molecular weight excluding hydrogens is 226 g/mol. The van der Waals surface area contributed by atoms with Crippen LogP contribution in [0.4, 0.5) is 0 Å². The standard InChI is InChI=1S/C11H22BrN/c1-9(2)6-5-7-11(4)13-8-10(3)12/h9,11,13H,3,5-8H2,1-2,4H3. The van der Waals surface area contributed by atoms with Gasteiger partial charge in [-0.3, -0.25) is 0 Å². The lowest BCUT2D eigenvalue weighted by molar-refractivity contribution is 0.470. The Morgan fingerprint density at radius 3 is 2.38 bits per heavy atom. The second-order valence-electron chi connectivity index (χ2n) is 4.12. The number of rotatable bonds is 7. The molecule has 0 bridgehead atoms. The maximum atomic E-state index is 3.79. The Morgan fingerprint density at radius 1 is 1.31 bits per heavy atom. The quantitative estimate of drug-likeness (QED) is 0.724. The lowest BCUT2D eigenvalue weighted by atomic mass is 10.0. The molecule has 2 heteroatoms. The van der Waals surface area contributed by atoms with Crippen molar-refractivity contribution in [3.63, 3.8) is 0 Å². The first-order valence-electron chi connectivity index (χ1n) is 5.09. The molecule has 1 N–H and O–H groups in total. The van der Waals surface area contributed by atoms with Crippen LogP contribution >= 0.6 is 15.9 Å². The summed E-state index contributed by atoms with van der Waals surface area (Å²) in [6.45, 7) is 11.5. The topological polar surface area (TPSA) is 12.0 Å². The van der Waals surface area contributed by atoms with Gasteiger partial charge in [0.2, 0.25) is 0 Å². The van der Waals surface area contributed by atoms with Crippen LogP contribution in [-0.4, -0.2) is 12.6 Å². The summed E-state index contributed by atoms with van der Waals surface area (Å²) in [5, 5.41) is 3.41. The molecule has 0 saturated heterocycles. The summed E-state index contributed by atoms with van der Waals surface area (Å²) in [5.41, 5.74) is 0. The maximum absolute atomic E-state index is 3.79. The fraction of sp³-hybridized carbons (Fsp3) is 0.818. The third kappa shape index (κ3) is 10.1. The van der Waals surface area contributed by atoms with Crippen LogP contribution in [-0.2, 0) is 0 Å². The van der Waals surface area contributed by atoms with E-state index < -0.39 is 0 Å². The third-order valence-electron chi connectivity index (χ3n) is 2.06. The van der Waals surface area contributed by atoms with E-state index in [0.717, 1.165) is 16.9 Å². The van der Waals surface area contributed by atoms with E-state index in [1.807, 2.05) is 0 Å². The number of halogens is 1. The average molecular weight is 248 g/mol. The zero-order valence-electron chi connectivity index (χ0n) is 9.07. The number of hydrogen-bond acceptors (Lipinski definition) is 1. The molecule has 0 fully saturated rings. The summed E-state index contributed by atoms with van der Waals surface area (Å²) in [6, 6.07) is 0.605. The molecule has 1 unspecified atom stereocenters. The number of hydrogen-bond donors (Lipinski definition) is 1. The van der Waals surface area contributed by atoms with Crippen molar-refractivity contribution >= 4 is 15.9 Å². The fourth-order valence-electron chi connectivity index (χ4n) is 1.22. The van der Waals surface area contributed by atoms with Crippen molar-refractivity contribution in [2.45, 2.75) is 46.1 Å². The molecule has 13 heavy (non-hydrogen) atoms. The van der Waals surface area contributed by atoms with E-state index in [2.05, 4.69) is 48.6 Å². The van der Waals surface area contributed by atoms with Crippen LogP contribution in [0.25, 0.3) is 0 Å². The molecular formula is C11H22BrN. The van der Waals surface area contributed by atoms with Crippen molar-refractivity contribution in [1.82, 2.24) is 5.32 Å². The predicted octanol–water partition coefficient (Wildman–Crippen LogP) is 3.70. The van der Waals surface area contributed by atoms with Crippen LogP contribution in [0.3, 0.4) is 0 Å². The third-order valence-corrected chi connectivity index (χ3v) is 2.34. The van der Waals surface area contributed by atoms with Crippen molar-refractivity contribution < 1.29 is 0 Å². The van der Waals surface area contributed by atoms with Crippen molar-refractivity contribution in [2.75, 3.05) is 6.54 Å².